The van der Waals surface area contributed by atoms with E-state index in [9.17, 15) is 14.0 Å². The monoisotopic (exact) mass is 284 g/mol. The molecule has 1 aliphatic rings. The zero-order chi connectivity index (χ0) is 13.1. The van der Waals surface area contributed by atoms with E-state index in [1.807, 2.05) is 0 Å². The van der Waals surface area contributed by atoms with Crippen molar-refractivity contribution in [3.8, 4) is 0 Å². The average molecular weight is 284 g/mol. The molecule has 0 aliphatic carbocycles. The fraction of sp³-hybridized carbons (Fsp3) is 0.182. The molecule has 4 nitrogen and oxygen atoms in total. The number of carbonyl (C=O) groups excluding carboxylic acids is 2. The number of thioether (sulfide) groups is 1. The first-order valence-electron chi connectivity index (χ1n) is 5.12. The Balaban J connectivity index is 1.95. The number of hydrogen-bond acceptors (Lipinski definition) is 4. The molecule has 0 spiro atoms. The van der Waals surface area contributed by atoms with Gasteiger partial charge in [-0.05, 0) is 12.1 Å². The van der Waals surface area contributed by atoms with Crippen LogP contribution in [-0.2, 0) is 9.59 Å². The number of hydrogen-bond donors (Lipinski definition) is 2. The first-order valence-corrected chi connectivity index (χ1v) is 6.41. The number of para-hydroxylation sites is 1. The molecule has 1 aromatic carbocycles. The second-order valence-corrected chi connectivity index (χ2v) is 5.50. The summed E-state index contributed by atoms with van der Waals surface area (Å²) in [7, 11) is 0. The normalized spacial score (nSPS) is 18.6. The van der Waals surface area contributed by atoms with Gasteiger partial charge in [-0.15, -0.1) is 0 Å². The standard InChI is InChI=1S/C11H9FN2O2S2/c12-6-3-1-2-4-7(6)13-9(15)5-8-10(16)14-11(17)18-8/h1-4,8H,5H2,(H,13,15)(H,14,16,17). The van der Waals surface area contributed by atoms with Crippen LogP contribution in [0.5, 0.6) is 0 Å². The number of benzene rings is 1. The van der Waals surface area contributed by atoms with Crippen molar-refractivity contribution in [1.82, 2.24) is 5.32 Å². The molecule has 94 valence electrons. The highest BCUT2D eigenvalue weighted by Crippen LogP contribution is 2.23. The van der Waals surface area contributed by atoms with Gasteiger partial charge in [0.1, 0.15) is 10.1 Å². The van der Waals surface area contributed by atoms with Gasteiger partial charge in [-0.2, -0.15) is 0 Å². The zero-order valence-corrected chi connectivity index (χ0v) is 10.7. The van der Waals surface area contributed by atoms with E-state index in [-0.39, 0.29) is 18.0 Å². The number of nitrogens with one attached hydrogen (secondary N) is 2. The molecule has 0 saturated carbocycles. The number of rotatable bonds is 3. The van der Waals surface area contributed by atoms with Crippen molar-refractivity contribution >= 4 is 45.8 Å². The lowest BCUT2D eigenvalue weighted by molar-refractivity contribution is -0.122. The summed E-state index contributed by atoms with van der Waals surface area (Å²) < 4.78 is 13.6. The molecule has 0 bridgehead atoms. The molecule has 1 aromatic rings. The summed E-state index contributed by atoms with van der Waals surface area (Å²) in [5.74, 6) is -1.21. The molecule has 2 rings (SSSR count). The van der Waals surface area contributed by atoms with Gasteiger partial charge < -0.3 is 10.6 Å². The number of halogens is 1. The van der Waals surface area contributed by atoms with Crippen molar-refractivity contribution in [2.45, 2.75) is 11.7 Å². The van der Waals surface area contributed by atoms with Gasteiger partial charge in [0, 0.05) is 6.42 Å². The quantitative estimate of drug-likeness (QED) is 0.829. The van der Waals surface area contributed by atoms with E-state index in [1.54, 1.807) is 6.07 Å². The Labute approximate surface area is 112 Å². The van der Waals surface area contributed by atoms with E-state index in [0.717, 1.165) is 11.8 Å². The molecule has 18 heavy (non-hydrogen) atoms. The fourth-order valence-electron chi connectivity index (χ4n) is 1.46. The van der Waals surface area contributed by atoms with Crippen LogP contribution in [-0.4, -0.2) is 21.4 Å². The summed E-state index contributed by atoms with van der Waals surface area (Å²) in [5.41, 5.74) is 0.105. The van der Waals surface area contributed by atoms with Crippen molar-refractivity contribution in [1.29, 1.82) is 0 Å². The summed E-state index contributed by atoms with van der Waals surface area (Å²) in [6, 6.07) is 5.86. The van der Waals surface area contributed by atoms with Crippen molar-refractivity contribution in [2.75, 3.05) is 5.32 Å². The summed E-state index contributed by atoms with van der Waals surface area (Å²) in [4.78, 5) is 23.0. The number of anilines is 1. The van der Waals surface area contributed by atoms with E-state index in [0.29, 0.717) is 4.32 Å². The minimum absolute atomic E-state index is 0.0367. The van der Waals surface area contributed by atoms with Crippen molar-refractivity contribution in [2.24, 2.45) is 0 Å². The molecule has 7 heteroatoms. The van der Waals surface area contributed by atoms with E-state index >= 15 is 0 Å². The summed E-state index contributed by atoms with van der Waals surface area (Å²) in [5, 5.41) is 4.33. The molecule has 1 fully saturated rings. The van der Waals surface area contributed by atoms with Crippen LogP contribution in [0.1, 0.15) is 6.42 Å². The van der Waals surface area contributed by atoms with Crippen LogP contribution in [0.3, 0.4) is 0 Å². The van der Waals surface area contributed by atoms with Gasteiger partial charge in [-0.3, -0.25) is 9.59 Å². The topological polar surface area (TPSA) is 58.2 Å². The predicted molar refractivity (Wildman–Crippen MR) is 71.8 cm³/mol. The maximum Gasteiger partial charge on any atom is 0.239 e. The molecular formula is C11H9FN2O2S2. The van der Waals surface area contributed by atoms with Gasteiger partial charge in [0.15, 0.2) is 0 Å². The number of amides is 2. The minimum Gasteiger partial charge on any atom is -0.324 e. The van der Waals surface area contributed by atoms with Crippen molar-refractivity contribution < 1.29 is 14.0 Å². The molecule has 1 heterocycles. The van der Waals surface area contributed by atoms with Crippen LogP contribution in [0.15, 0.2) is 24.3 Å². The van der Waals surface area contributed by atoms with Gasteiger partial charge in [-0.1, -0.05) is 36.1 Å². The van der Waals surface area contributed by atoms with Crippen molar-refractivity contribution in [3.05, 3.63) is 30.1 Å². The molecule has 2 N–H and O–H groups in total. The second-order valence-electron chi connectivity index (χ2n) is 3.62. The highest BCUT2D eigenvalue weighted by molar-refractivity contribution is 8.24. The molecule has 2 amide bonds. The zero-order valence-electron chi connectivity index (χ0n) is 9.10. The molecule has 0 aromatic heterocycles. The predicted octanol–water partition coefficient (Wildman–Crippen LogP) is 1.67. The Kier molecular flexibility index (Phi) is 3.93. The lowest BCUT2D eigenvalue weighted by Crippen LogP contribution is -2.27. The Morgan fingerprint density at radius 1 is 1.50 bits per heavy atom. The van der Waals surface area contributed by atoms with Crippen LogP contribution in [0.2, 0.25) is 0 Å². The van der Waals surface area contributed by atoms with E-state index < -0.39 is 17.0 Å². The van der Waals surface area contributed by atoms with Crippen LogP contribution in [0.25, 0.3) is 0 Å². The third kappa shape index (κ3) is 3.05. The average Bonchev–Trinajstić information content (AvgIpc) is 2.61. The highest BCUT2D eigenvalue weighted by Gasteiger charge is 2.31. The van der Waals surface area contributed by atoms with Gasteiger partial charge in [0.2, 0.25) is 11.8 Å². The van der Waals surface area contributed by atoms with Crippen molar-refractivity contribution in [3.63, 3.8) is 0 Å². The second kappa shape index (κ2) is 5.45. The largest absolute Gasteiger partial charge is 0.324 e. The maximum absolute atomic E-state index is 13.3. The van der Waals surface area contributed by atoms with E-state index in [1.165, 1.54) is 18.2 Å². The Hall–Kier alpha value is -1.47. The van der Waals surface area contributed by atoms with Crippen LogP contribution >= 0.6 is 24.0 Å². The maximum atomic E-state index is 13.3. The Bertz CT molecular complexity index is 522. The molecule has 1 atom stereocenters. The number of thiocarbonyl (C=S) groups is 1. The summed E-state index contributed by atoms with van der Waals surface area (Å²) in [6.07, 6.45) is -0.0367. The van der Waals surface area contributed by atoms with Gasteiger partial charge in [-0.25, -0.2) is 4.39 Å². The van der Waals surface area contributed by atoms with Gasteiger partial charge in [0.25, 0.3) is 0 Å². The Morgan fingerprint density at radius 2 is 2.22 bits per heavy atom. The van der Waals surface area contributed by atoms with Gasteiger partial charge in [0.05, 0.1) is 10.9 Å². The lowest BCUT2D eigenvalue weighted by atomic mass is 10.2. The highest BCUT2D eigenvalue weighted by atomic mass is 32.2. The molecule has 1 unspecified atom stereocenters. The first-order chi connectivity index (χ1) is 8.56. The minimum atomic E-state index is -0.538. The van der Waals surface area contributed by atoms with Crippen LogP contribution in [0.4, 0.5) is 10.1 Å². The fourth-order valence-corrected chi connectivity index (χ4v) is 2.73. The molecular weight excluding hydrogens is 275 g/mol. The van der Waals surface area contributed by atoms with E-state index in [4.69, 9.17) is 12.2 Å². The smallest absolute Gasteiger partial charge is 0.239 e. The lowest BCUT2D eigenvalue weighted by Gasteiger charge is -2.07. The summed E-state index contributed by atoms with van der Waals surface area (Å²) in [6.45, 7) is 0. The summed E-state index contributed by atoms with van der Waals surface area (Å²) >= 11 is 5.95. The third-order valence-corrected chi connectivity index (χ3v) is 3.66. The first kappa shape index (κ1) is 13.0. The SMILES string of the molecule is O=C(CC1SC(=S)NC1=O)Nc1ccccc1F. The third-order valence-electron chi connectivity index (χ3n) is 2.29. The molecule has 1 aliphatic heterocycles. The Morgan fingerprint density at radius 3 is 2.83 bits per heavy atom. The number of carbonyl (C=O) groups is 2. The van der Waals surface area contributed by atoms with E-state index in [2.05, 4.69) is 10.6 Å². The molecule has 0 radical (unpaired) electrons. The molecule has 1 saturated heterocycles. The van der Waals surface area contributed by atoms with Crippen LogP contribution < -0.4 is 10.6 Å². The van der Waals surface area contributed by atoms with Crippen LogP contribution in [0, 0.1) is 5.82 Å². The van der Waals surface area contributed by atoms with Gasteiger partial charge >= 0.3 is 0 Å².